The van der Waals surface area contributed by atoms with E-state index in [-0.39, 0.29) is 5.91 Å². The minimum Gasteiger partial charge on any atom is -0.497 e. The van der Waals surface area contributed by atoms with E-state index in [4.69, 9.17) is 21.3 Å². The number of benzene rings is 2. The van der Waals surface area contributed by atoms with Crippen LogP contribution in [-0.2, 0) is 4.79 Å². The smallest absolute Gasteiger partial charge is 0.269 e. The molecule has 168 valence electrons. The number of halogens is 1. The zero-order valence-corrected chi connectivity index (χ0v) is 21.0. The average Bonchev–Trinajstić information content (AvgIpc) is 3.31. The standard InChI is InChI=1S/C24H26ClN3O2S2/c1-5-7-12-28-22(29)21(32-24(28)26-16-9-8-15(3)18(25)13-16)23-27(6-2)19-14-17(30-4)10-11-20(19)31-23/h8-11,13-14H,5-7,12H2,1-4H3/b23-21-,26-24?. The number of thioether (sulfide) groups is 2. The lowest BCUT2D eigenvalue weighted by Crippen LogP contribution is -2.30. The minimum atomic E-state index is 0.0149. The van der Waals surface area contributed by atoms with Gasteiger partial charge < -0.3 is 9.64 Å². The third-order valence-corrected chi connectivity index (χ3v) is 8.18. The molecule has 2 aromatic carbocycles. The van der Waals surface area contributed by atoms with Crippen molar-refractivity contribution in [3.8, 4) is 5.75 Å². The number of carbonyl (C=O) groups excluding carboxylic acids is 1. The molecule has 0 unspecified atom stereocenters. The fourth-order valence-corrected chi connectivity index (χ4v) is 6.14. The molecule has 0 aromatic heterocycles. The Morgan fingerprint density at radius 2 is 1.91 bits per heavy atom. The third kappa shape index (κ3) is 4.38. The van der Waals surface area contributed by atoms with E-state index in [1.165, 1.54) is 11.8 Å². The molecule has 0 aliphatic carbocycles. The molecule has 2 aromatic rings. The molecule has 2 aliphatic rings. The van der Waals surface area contributed by atoms with Crippen molar-refractivity contribution >= 4 is 57.6 Å². The van der Waals surface area contributed by atoms with Gasteiger partial charge in [-0.15, -0.1) is 0 Å². The Hall–Kier alpha value is -2.09. The molecule has 0 spiro atoms. The van der Waals surface area contributed by atoms with E-state index in [0.29, 0.717) is 16.7 Å². The normalized spacial score (nSPS) is 19.3. The van der Waals surface area contributed by atoms with Crippen LogP contribution in [0.2, 0.25) is 5.02 Å². The van der Waals surface area contributed by atoms with E-state index in [2.05, 4.69) is 24.8 Å². The van der Waals surface area contributed by atoms with Gasteiger partial charge in [0.25, 0.3) is 5.91 Å². The highest BCUT2D eigenvalue weighted by molar-refractivity contribution is 8.19. The SMILES string of the molecule is CCCCN1C(=O)/C(=C2/Sc3ccc(OC)cc3N2CC)SC1=Nc1ccc(C)c(Cl)c1. The first kappa shape index (κ1) is 23.1. The topological polar surface area (TPSA) is 45.1 Å². The number of methoxy groups -OCH3 is 1. The predicted molar refractivity (Wildman–Crippen MR) is 136 cm³/mol. The van der Waals surface area contributed by atoms with Gasteiger partial charge in [-0.05, 0) is 61.9 Å². The molecule has 4 rings (SSSR count). The molecule has 1 fully saturated rings. The molecule has 1 amide bonds. The highest BCUT2D eigenvalue weighted by atomic mass is 35.5. The first-order valence-corrected chi connectivity index (χ1v) is 12.7. The van der Waals surface area contributed by atoms with Crippen molar-refractivity contribution in [1.82, 2.24) is 4.90 Å². The summed E-state index contributed by atoms with van der Waals surface area (Å²) in [6.45, 7) is 7.59. The molecular weight excluding hydrogens is 462 g/mol. The van der Waals surface area contributed by atoms with E-state index >= 15 is 0 Å². The van der Waals surface area contributed by atoms with E-state index in [0.717, 1.165) is 56.9 Å². The Morgan fingerprint density at radius 3 is 2.59 bits per heavy atom. The van der Waals surface area contributed by atoms with E-state index in [1.807, 2.05) is 42.2 Å². The molecule has 8 heteroatoms. The number of fused-ring (bicyclic) bond motifs is 1. The maximum atomic E-state index is 13.5. The second kappa shape index (κ2) is 9.81. The number of hydrogen-bond acceptors (Lipinski definition) is 6. The van der Waals surface area contributed by atoms with Crippen molar-refractivity contribution in [3.05, 3.63) is 56.9 Å². The Bertz CT molecular complexity index is 1120. The first-order chi connectivity index (χ1) is 15.5. The summed E-state index contributed by atoms with van der Waals surface area (Å²) in [5.74, 6) is 0.823. The minimum absolute atomic E-state index is 0.0149. The van der Waals surface area contributed by atoms with Gasteiger partial charge in [-0.1, -0.05) is 42.8 Å². The monoisotopic (exact) mass is 487 g/mol. The molecule has 0 atom stereocenters. The van der Waals surface area contributed by atoms with Gasteiger partial charge in [0.15, 0.2) is 5.17 Å². The molecule has 1 saturated heterocycles. The number of aryl methyl sites for hydroxylation is 1. The van der Waals surface area contributed by atoms with Crippen LogP contribution in [0.5, 0.6) is 5.75 Å². The van der Waals surface area contributed by atoms with Crippen LogP contribution >= 0.6 is 35.1 Å². The lowest BCUT2D eigenvalue weighted by molar-refractivity contribution is -0.122. The molecule has 0 radical (unpaired) electrons. The van der Waals surface area contributed by atoms with Crippen LogP contribution in [0.1, 0.15) is 32.3 Å². The summed E-state index contributed by atoms with van der Waals surface area (Å²) in [5, 5.41) is 2.34. The summed E-state index contributed by atoms with van der Waals surface area (Å²) in [4.78, 5) is 24.2. The molecule has 5 nitrogen and oxygen atoms in total. The quantitative estimate of drug-likeness (QED) is 0.418. The number of ether oxygens (including phenoxy) is 1. The molecule has 2 heterocycles. The van der Waals surface area contributed by atoms with E-state index in [9.17, 15) is 4.79 Å². The molecule has 0 bridgehead atoms. The van der Waals surface area contributed by atoms with Crippen molar-refractivity contribution in [3.63, 3.8) is 0 Å². The van der Waals surface area contributed by atoms with Crippen LogP contribution in [0.4, 0.5) is 11.4 Å². The maximum Gasteiger partial charge on any atom is 0.269 e. The first-order valence-electron chi connectivity index (χ1n) is 10.7. The van der Waals surface area contributed by atoms with Crippen LogP contribution in [0.3, 0.4) is 0 Å². The van der Waals surface area contributed by atoms with Crippen LogP contribution in [0.15, 0.2) is 56.2 Å². The van der Waals surface area contributed by atoms with Gasteiger partial charge >= 0.3 is 0 Å². The van der Waals surface area contributed by atoms with Crippen LogP contribution in [0.25, 0.3) is 0 Å². The molecule has 32 heavy (non-hydrogen) atoms. The predicted octanol–water partition coefficient (Wildman–Crippen LogP) is 6.82. The second-order valence-electron chi connectivity index (χ2n) is 7.55. The number of rotatable bonds is 6. The summed E-state index contributed by atoms with van der Waals surface area (Å²) in [7, 11) is 1.67. The largest absolute Gasteiger partial charge is 0.497 e. The van der Waals surface area contributed by atoms with Crippen molar-refractivity contribution in [2.24, 2.45) is 4.99 Å². The molecular formula is C24H26ClN3O2S2. The zero-order valence-electron chi connectivity index (χ0n) is 18.6. The zero-order chi connectivity index (χ0) is 22.8. The number of hydrogen-bond donors (Lipinski definition) is 0. The van der Waals surface area contributed by atoms with Crippen LogP contribution in [0, 0.1) is 6.92 Å². The summed E-state index contributed by atoms with van der Waals surface area (Å²) in [6.07, 6.45) is 1.93. The number of carbonyl (C=O) groups is 1. The maximum absolute atomic E-state index is 13.5. The number of nitrogens with zero attached hydrogens (tertiary/aromatic N) is 3. The lowest BCUT2D eigenvalue weighted by Gasteiger charge is -2.19. The molecule has 0 N–H and O–H groups in total. The van der Waals surface area contributed by atoms with Crippen molar-refractivity contribution in [2.75, 3.05) is 25.1 Å². The van der Waals surface area contributed by atoms with E-state index in [1.54, 1.807) is 18.9 Å². The second-order valence-corrected chi connectivity index (χ2v) is 9.97. The van der Waals surface area contributed by atoms with Crippen LogP contribution in [-0.4, -0.2) is 36.2 Å². The Kier molecular flexibility index (Phi) is 7.08. The number of aliphatic imine (C=N–C) groups is 1. The van der Waals surface area contributed by atoms with Gasteiger partial charge in [-0.3, -0.25) is 9.69 Å². The van der Waals surface area contributed by atoms with Gasteiger partial charge in [0.1, 0.15) is 15.7 Å². The highest BCUT2D eigenvalue weighted by Crippen LogP contribution is 2.51. The van der Waals surface area contributed by atoms with Gasteiger partial charge in [-0.2, -0.15) is 0 Å². The summed E-state index contributed by atoms with van der Waals surface area (Å²) < 4.78 is 5.41. The Morgan fingerprint density at radius 1 is 1.09 bits per heavy atom. The summed E-state index contributed by atoms with van der Waals surface area (Å²) in [5.41, 5.74) is 2.83. The highest BCUT2D eigenvalue weighted by Gasteiger charge is 2.39. The van der Waals surface area contributed by atoms with Crippen molar-refractivity contribution < 1.29 is 9.53 Å². The van der Waals surface area contributed by atoms with Gasteiger partial charge in [0.05, 0.1) is 18.5 Å². The fourth-order valence-electron chi connectivity index (χ4n) is 3.57. The summed E-state index contributed by atoms with van der Waals surface area (Å²) in [6, 6.07) is 11.8. The van der Waals surface area contributed by atoms with E-state index < -0.39 is 0 Å². The Balaban J connectivity index is 1.74. The van der Waals surface area contributed by atoms with Crippen molar-refractivity contribution in [2.45, 2.75) is 38.5 Å². The average molecular weight is 488 g/mol. The fraction of sp³-hybridized carbons (Fsp3) is 0.333. The molecule has 2 aliphatic heterocycles. The van der Waals surface area contributed by atoms with Gasteiger partial charge in [0, 0.05) is 29.1 Å². The van der Waals surface area contributed by atoms with Gasteiger partial charge in [-0.25, -0.2) is 4.99 Å². The lowest BCUT2D eigenvalue weighted by atomic mass is 10.2. The molecule has 0 saturated carbocycles. The number of amides is 1. The van der Waals surface area contributed by atoms with Crippen molar-refractivity contribution in [1.29, 1.82) is 0 Å². The summed E-state index contributed by atoms with van der Waals surface area (Å²) >= 11 is 9.39. The Labute approximate surface area is 202 Å². The third-order valence-electron chi connectivity index (χ3n) is 5.40. The number of anilines is 1. The van der Waals surface area contributed by atoms with Crippen LogP contribution < -0.4 is 9.64 Å². The number of unbranched alkanes of at least 4 members (excludes halogenated alkanes) is 1. The number of amidine groups is 1. The van der Waals surface area contributed by atoms with Gasteiger partial charge in [0.2, 0.25) is 0 Å².